The van der Waals surface area contributed by atoms with Crippen LogP contribution in [-0.4, -0.2) is 30.3 Å². The lowest BCUT2D eigenvalue weighted by Crippen LogP contribution is -2.37. The molecular weight excluding hydrogens is 258 g/mol. The SMILES string of the molecule is CC(=O)CN1CCC2=C(C)c3ccccc3C2C1.Cl. The zero-order chi connectivity index (χ0) is 12.7. The van der Waals surface area contributed by atoms with Crippen LogP contribution in [0, 0.1) is 0 Å². The third kappa shape index (κ3) is 2.47. The van der Waals surface area contributed by atoms with E-state index in [1.807, 2.05) is 0 Å². The first kappa shape index (κ1) is 14.3. The molecule has 0 N–H and O–H groups in total. The third-order valence-corrected chi connectivity index (χ3v) is 4.23. The van der Waals surface area contributed by atoms with Gasteiger partial charge in [-0.2, -0.15) is 0 Å². The van der Waals surface area contributed by atoms with E-state index in [4.69, 9.17) is 0 Å². The Morgan fingerprint density at radius 2 is 2.11 bits per heavy atom. The van der Waals surface area contributed by atoms with Crippen LogP contribution < -0.4 is 0 Å². The molecule has 102 valence electrons. The highest BCUT2D eigenvalue weighted by Gasteiger charge is 2.33. The van der Waals surface area contributed by atoms with Gasteiger partial charge in [0.1, 0.15) is 5.78 Å². The van der Waals surface area contributed by atoms with Gasteiger partial charge in [-0.05, 0) is 37.0 Å². The first-order chi connectivity index (χ1) is 8.66. The molecule has 2 aliphatic rings. The molecule has 3 rings (SSSR count). The minimum atomic E-state index is 0. The van der Waals surface area contributed by atoms with Crippen molar-refractivity contribution < 1.29 is 4.79 Å². The van der Waals surface area contributed by atoms with Crippen LogP contribution in [0.25, 0.3) is 5.57 Å². The van der Waals surface area contributed by atoms with E-state index in [0.29, 0.717) is 12.5 Å². The van der Waals surface area contributed by atoms with Crippen LogP contribution in [0.2, 0.25) is 0 Å². The zero-order valence-electron chi connectivity index (χ0n) is 11.5. The lowest BCUT2D eigenvalue weighted by atomic mass is 9.89. The van der Waals surface area contributed by atoms with E-state index in [9.17, 15) is 4.79 Å². The monoisotopic (exact) mass is 277 g/mol. The number of likely N-dealkylation sites (tertiary alicyclic amines) is 1. The maximum atomic E-state index is 11.3. The first-order valence-corrected chi connectivity index (χ1v) is 6.67. The molecule has 19 heavy (non-hydrogen) atoms. The summed E-state index contributed by atoms with van der Waals surface area (Å²) in [5, 5.41) is 0. The highest BCUT2D eigenvalue weighted by atomic mass is 35.5. The van der Waals surface area contributed by atoms with Gasteiger partial charge in [-0.3, -0.25) is 9.69 Å². The number of hydrogen-bond acceptors (Lipinski definition) is 2. The number of piperidine rings is 1. The van der Waals surface area contributed by atoms with E-state index >= 15 is 0 Å². The molecule has 1 aromatic carbocycles. The van der Waals surface area contributed by atoms with Crippen LogP contribution in [0.1, 0.15) is 37.3 Å². The van der Waals surface area contributed by atoms with Gasteiger partial charge in [-0.1, -0.05) is 29.8 Å². The third-order valence-electron chi connectivity index (χ3n) is 4.23. The number of hydrogen-bond donors (Lipinski definition) is 0. The molecule has 0 radical (unpaired) electrons. The fourth-order valence-corrected chi connectivity index (χ4v) is 3.42. The van der Waals surface area contributed by atoms with Gasteiger partial charge in [0.2, 0.25) is 0 Å². The van der Waals surface area contributed by atoms with Crippen LogP contribution >= 0.6 is 12.4 Å². The van der Waals surface area contributed by atoms with Crippen molar-refractivity contribution in [3.05, 3.63) is 41.0 Å². The van der Waals surface area contributed by atoms with Gasteiger partial charge < -0.3 is 0 Å². The first-order valence-electron chi connectivity index (χ1n) is 6.67. The molecule has 3 heteroatoms. The average molecular weight is 278 g/mol. The van der Waals surface area contributed by atoms with E-state index in [-0.39, 0.29) is 18.2 Å². The minimum Gasteiger partial charge on any atom is -0.299 e. The number of halogens is 1. The van der Waals surface area contributed by atoms with Crippen molar-refractivity contribution >= 4 is 23.8 Å². The average Bonchev–Trinajstić information content (AvgIpc) is 2.63. The summed E-state index contributed by atoms with van der Waals surface area (Å²) in [5.41, 5.74) is 5.94. The summed E-state index contributed by atoms with van der Waals surface area (Å²) in [6, 6.07) is 8.71. The Balaban J connectivity index is 0.00000133. The van der Waals surface area contributed by atoms with Gasteiger partial charge in [0.15, 0.2) is 0 Å². The van der Waals surface area contributed by atoms with Gasteiger partial charge in [0.25, 0.3) is 0 Å². The fourth-order valence-electron chi connectivity index (χ4n) is 3.42. The molecule has 0 saturated carbocycles. The Morgan fingerprint density at radius 1 is 1.37 bits per heavy atom. The van der Waals surface area contributed by atoms with E-state index in [0.717, 1.165) is 19.5 Å². The standard InChI is InChI=1S/C16H19NO.ClH/c1-11(18)9-17-8-7-14-12(2)13-5-3-4-6-15(13)16(14)10-17;/h3-6,16H,7-10H2,1-2H3;1H. The molecule has 0 amide bonds. The van der Waals surface area contributed by atoms with E-state index in [2.05, 4.69) is 36.1 Å². The van der Waals surface area contributed by atoms with Crippen LogP contribution in [0.5, 0.6) is 0 Å². The summed E-state index contributed by atoms with van der Waals surface area (Å²) in [7, 11) is 0. The molecule has 1 aliphatic heterocycles. The van der Waals surface area contributed by atoms with Crippen LogP contribution in [-0.2, 0) is 4.79 Å². The van der Waals surface area contributed by atoms with Gasteiger partial charge in [0.05, 0.1) is 6.54 Å². The molecule has 1 heterocycles. The summed E-state index contributed by atoms with van der Waals surface area (Å²) in [6.45, 7) is 6.55. The number of carbonyl (C=O) groups excluding carboxylic acids is 1. The quantitative estimate of drug-likeness (QED) is 0.827. The second-order valence-corrected chi connectivity index (χ2v) is 5.48. The number of benzene rings is 1. The van der Waals surface area contributed by atoms with E-state index in [1.54, 1.807) is 12.5 Å². The summed E-state index contributed by atoms with van der Waals surface area (Å²) in [5.74, 6) is 0.791. The molecule has 1 atom stereocenters. The number of nitrogens with zero attached hydrogens (tertiary/aromatic N) is 1. The summed E-state index contributed by atoms with van der Waals surface area (Å²) in [6.07, 6.45) is 1.11. The summed E-state index contributed by atoms with van der Waals surface area (Å²) in [4.78, 5) is 13.6. The highest BCUT2D eigenvalue weighted by Crippen LogP contribution is 2.45. The molecule has 1 saturated heterocycles. The lowest BCUT2D eigenvalue weighted by molar-refractivity contribution is -0.118. The van der Waals surface area contributed by atoms with Crippen molar-refractivity contribution in [1.82, 2.24) is 4.90 Å². The smallest absolute Gasteiger partial charge is 0.143 e. The maximum Gasteiger partial charge on any atom is 0.143 e. The van der Waals surface area contributed by atoms with Crippen molar-refractivity contribution in [1.29, 1.82) is 0 Å². The normalized spacial score (nSPS) is 21.7. The summed E-state index contributed by atoms with van der Waals surface area (Å²) < 4.78 is 0. The molecule has 0 spiro atoms. The topological polar surface area (TPSA) is 20.3 Å². The van der Waals surface area contributed by atoms with Crippen molar-refractivity contribution in [2.24, 2.45) is 0 Å². The van der Waals surface area contributed by atoms with Crippen molar-refractivity contribution in [2.45, 2.75) is 26.2 Å². The van der Waals surface area contributed by atoms with Gasteiger partial charge in [-0.15, -0.1) is 12.4 Å². The molecule has 0 aromatic heterocycles. The van der Waals surface area contributed by atoms with Gasteiger partial charge >= 0.3 is 0 Å². The van der Waals surface area contributed by atoms with Crippen LogP contribution in [0.4, 0.5) is 0 Å². The second kappa shape index (κ2) is 5.48. The van der Waals surface area contributed by atoms with Gasteiger partial charge in [-0.25, -0.2) is 0 Å². The zero-order valence-corrected chi connectivity index (χ0v) is 12.3. The Kier molecular flexibility index (Phi) is 4.12. The van der Waals surface area contributed by atoms with E-state index in [1.165, 1.54) is 16.7 Å². The number of Topliss-reactive ketones (excluding diaryl/α,β-unsaturated/α-hetero) is 1. The molecule has 0 bridgehead atoms. The Hall–Kier alpha value is -1.12. The predicted molar refractivity (Wildman–Crippen MR) is 80.8 cm³/mol. The number of fused-ring (bicyclic) bond motifs is 3. The minimum absolute atomic E-state index is 0. The van der Waals surface area contributed by atoms with Crippen molar-refractivity contribution in [3.8, 4) is 0 Å². The number of allylic oxidation sites excluding steroid dienone is 1. The largest absolute Gasteiger partial charge is 0.299 e. The molecule has 1 unspecified atom stereocenters. The molecular formula is C16H20ClNO. The van der Waals surface area contributed by atoms with Gasteiger partial charge in [0, 0.05) is 19.0 Å². The molecule has 1 fully saturated rings. The van der Waals surface area contributed by atoms with Crippen LogP contribution in [0.15, 0.2) is 29.8 Å². The number of rotatable bonds is 2. The van der Waals surface area contributed by atoms with Crippen LogP contribution in [0.3, 0.4) is 0 Å². The highest BCUT2D eigenvalue weighted by molar-refractivity contribution is 5.85. The van der Waals surface area contributed by atoms with Crippen molar-refractivity contribution in [3.63, 3.8) is 0 Å². The van der Waals surface area contributed by atoms with Crippen molar-refractivity contribution in [2.75, 3.05) is 19.6 Å². The maximum absolute atomic E-state index is 11.3. The fraction of sp³-hybridized carbons (Fsp3) is 0.438. The number of carbonyl (C=O) groups is 1. The lowest BCUT2D eigenvalue weighted by Gasteiger charge is -2.32. The second-order valence-electron chi connectivity index (χ2n) is 5.48. The molecule has 1 aliphatic carbocycles. The number of ketones is 1. The Bertz CT molecular complexity index is 535. The Labute approximate surface area is 120 Å². The molecule has 2 nitrogen and oxygen atoms in total. The summed E-state index contributed by atoms with van der Waals surface area (Å²) >= 11 is 0. The Morgan fingerprint density at radius 3 is 2.84 bits per heavy atom. The predicted octanol–water partition coefficient (Wildman–Crippen LogP) is 3.27. The molecule has 1 aromatic rings. The van der Waals surface area contributed by atoms with E-state index < -0.39 is 0 Å².